The van der Waals surface area contributed by atoms with E-state index < -0.39 is 16.3 Å². The number of halogens is 1. The van der Waals surface area contributed by atoms with Crippen molar-refractivity contribution in [3.63, 3.8) is 0 Å². The lowest BCUT2D eigenvalue weighted by molar-refractivity contribution is -0.385. The average molecular weight is 469 g/mol. The lowest BCUT2D eigenvalue weighted by atomic mass is 10.0. The molecule has 33 heavy (non-hydrogen) atoms. The second-order valence-electron chi connectivity index (χ2n) is 8.61. The van der Waals surface area contributed by atoms with E-state index in [9.17, 15) is 19.3 Å². The van der Waals surface area contributed by atoms with Gasteiger partial charge in [0, 0.05) is 51.4 Å². The Morgan fingerprint density at radius 3 is 2.03 bits per heavy atom. The van der Waals surface area contributed by atoms with Gasteiger partial charge in [-0.3, -0.25) is 15.0 Å². The van der Waals surface area contributed by atoms with E-state index in [0.29, 0.717) is 37.9 Å². The number of rotatable bonds is 3. The number of anilines is 1. The topological polar surface area (TPSA) is 79.2 Å². The second-order valence-corrected chi connectivity index (χ2v) is 8.61. The van der Waals surface area contributed by atoms with Gasteiger partial charge < -0.3 is 14.5 Å². The Labute approximate surface area is 197 Å². The highest BCUT2D eigenvalue weighted by Crippen LogP contribution is 2.28. The summed E-state index contributed by atoms with van der Waals surface area (Å²) in [4.78, 5) is 28.5. The van der Waals surface area contributed by atoms with E-state index in [4.69, 9.17) is 4.74 Å². The highest BCUT2D eigenvalue weighted by atomic mass is 19.1. The molecule has 188 valence electrons. The van der Waals surface area contributed by atoms with Gasteiger partial charge in [0.15, 0.2) is 5.82 Å². The number of nitrogens with zero attached hydrogens (tertiary/aromatic N) is 4. The summed E-state index contributed by atoms with van der Waals surface area (Å²) >= 11 is 0. The first-order valence-corrected chi connectivity index (χ1v) is 12.0. The van der Waals surface area contributed by atoms with Crippen LogP contribution in [0.15, 0.2) is 18.2 Å². The number of nitro groups is 1. The lowest BCUT2D eigenvalue weighted by Crippen LogP contribution is -2.55. The predicted molar refractivity (Wildman–Crippen MR) is 130 cm³/mol. The minimum atomic E-state index is -0.587. The number of nitro benzene ring substituents is 1. The maximum atomic E-state index is 14.3. The third-order valence-electron chi connectivity index (χ3n) is 5.43. The monoisotopic (exact) mass is 468 g/mol. The van der Waals surface area contributed by atoms with Gasteiger partial charge in [0.1, 0.15) is 5.60 Å². The third kappa shape index (κ3) is 8.46. The third-order valence-corrected chi connectivity index (χ3v) is 5.43. The van der Waals surface area contributed by atoms with Gasteiger partial charge in [-0.1, -0.05) is 27.7 Å². The van der Waals surface area contributed by atoms with Crippen LogP contribution in [0.25, 0.3) is 0 Å². The van der Waals surface area contributed by atoms with Crippen molar-refractivity contribution >= 4 is 17.5 Å². The molecule has 0 bridgehead atoms. The zero-order valence-electron chi connectivity index (χ0n) is 21.3. The summed E-state index contributed by atoms with van der Waals surface area (Å²) < 4.78 is 19.7. The van der Waals surface area contributed by atoms with Crippen LogP contribution in [0.4, 0.5) is 20.6 Å². The summed E-state index contributed by atoms with van der Waals surface area (Å²) in [5, 5.41) is 10.8. The molecule has 0 aromatic heterocycles. The molecule has 0 N–H and O–H groups in total. The fourth-order valence-electron chi connectivity index (χ4n) is 3.93. The molecule has 2 heterocycles. The molecule has 1 aromatic carbocycles. The van der Waals surface area contributed by atoms with Crippen LogP contribution in [0.3, 0.4) is 0 Å². The summed E-state index contributed by atoms with van der Waals surface area (Å²) in [6.07, 6.45) is 1.52. The molecule has 9 heteroatoms. The zero-order chi connectivity index (χ0) is 25.2. The minimum absolute atomic E-state index is 0.232. The number of hydrogen-bond donors (Lipinski definition) is 0. The van der Waals surface area contributed by atoms with Gasteiger partial charge in [-0.25, -0.2) is 9.18 Å². The Morgan fingerprint density at radius 2 is 1.58 bits per heavy atom. The minimum Gasteiger partial charge on any atom is -0.444 e. The summed E-state index contributed by atoms with van der Waals surface area (Å²) in [5.41, 5.74) is -0.304. The van der Waals surface area contributed by atoms with Crippen LogP contribution in [0.5, 0.6) is 0 Å². The maximum absolute atomic E-state index is 14.3. The molecule has 3 rings (SSSR count). The lowest BCUT2D eigenvalue weighted by Gasteiger charge is -2.43. The van der Waals surface area contributed by atoms with E-state index in [1.54, 1.807) is 4.90 Å². The number of amides is 1. The van der Waals surface area contributed by atoms with E-state index in [2.05, 4.69) is 4.90 Å². The smallest absolute Gasteiger partial charge is 0.410 e. The zero-order valence-corrected chi connectivity index (χ0v) is 21.3. The molecule has 2 saturated heterocycles. The van der Waals surface area contributed by atoms with Crippen molar-refractivity contribution in [3.8, 4) is 0 Å². The number of non-ortho nitro benzene ring substituents is 1. The van der Waals surface area contributed by atoms with Crippen molar-refractivity contribution in [1.82, 2.24) is 9.80 Å². The van der Waals surface area contributed by atoms with E-state index in [0.717, 1.165) is 32.0 Å². The Morgan fingerprint density at radius 1 is 1.03 bits per heavy atom. The Hall–Kier alpha value is -2.42. The molecule has 0 spiro atoms. The molecule has 8 nitrogen and oxygen atoms in total. The standard InChI is InChI=1S/C20H29FN4O4.2C2H6/c1-20(2,3)29-19(26)24-12-10-22(11-13-24)15-6-8-23(9-7-15)18-5-4-16(25(27)28)14-17(18)21;2*1-2/h4-5,14-15H,6-13H2,1-3H3;2*1-2H3. The molecule has 0 saturated carbocycles. The summed E-state index contributed by atoms with van der Waals surface area (Å²) in [5.74, 6) is -0.552. The van der Waals surface area contributed by atoms with E-state index >= 15 is 0 Å². The number of piperidine rings is 1. The number of hydrogen-bond acceptors (Lipinski definition) is 6. The Kier molecular flexibility index (Phi) is 11.6. The first-order valence-electron chi connectivity index (χ1n) is 12.0. The SMILES string of the molecule is CC.CC.CC(C)(C)OC(=O)N1CCN(C2CCN(c3ccc([N+](=O)[O-])cc3F)CC2)CC1. The largest absolute Gasteiger partial charge is 0.444 e. The van der Waals surface area contributed by atoms with E-state index in [-0.39, 0.29) is 11.8 Å². The van der Waals surface area contributed by atoms with Gasteiger partial charge in [0.25, 0.3) is 5.69 Å². The summed E-state index contributed by atoms with van der Waals surface area (Å²) in [6, 6.07) is 4.22. The fraction of sp³-hybridized carbons (Fsp3) is 0.708. The Balaban J connectivity index is 0.00000129. The molecule has 0 unspecified atom stereocenters. The van der Waals surface area contributed by atoms with Gasteiger partial charge in [-0.15, -0.1) is 0 Å². The van der Waals surface area contributed by atoms with Gasteiger partial charge in [0.05, 0.1) is 16.7 Å². The number of benzene rings is 1. The van der Waals surface area contributed by atoms with Crippen molar-refractivity contribution < 1.29 is 18.8 Å². The molecule has 0 aliphatic carbocycles. The van der Waals surface area contributed by atoms with Gasteiger partial charge in [-0.05, 0) is 39.7 Å². The van der Waals surface area contributed by atoms with Crippen molar-refractivity contribution in [3.05, 3.63) is 34.1 Å². The summed E-state index contributed by atoms with van der Waals surface area (Å²) in [7, 11) is 0. The molecule has 0 atom stereocenters. The average Bonchev–Trinajstić information content (AvgIpc) is 2.81. The molecular formula is C24H41FN4O4. The number of carbonyl (C=O) groups is 1. The van der Waals surface area contributed by atoms with Crippen LogP contribution in [-0.4, -0.2) is 71.7 Å². The predicted octanol–water partition coefficient (Wildman–Crippen LogP) is 5.31. The number of ether oxygens (including phenoxy) is 1. The summed E-state index contributed by atoms with van der Waals surface area (Å²) in [6.45, 7) is 17.9. The molecule has 2 fully saturated rings. The molecule has 0 radical (unpaired) electrons. The second kappa shape index (κ2) is 13.3. The Bertz CT molecular complexity index is 753. The highest BCUT2D eigenvalue weighted by molar-refractivity contribution is 5.68. The van der Waals surface area contributed by atoms with E-state index in [1.165, 1.54) is 12.1 Å². The van der Waals surface area contributed by atoms with Gasteiger partial charge in [0.2, 0.25) is 0 Å². The first kappa shape index (κ1) is 28.6. The van der Waals surface area contributed by atoms with Crippen LogP contribution in [0, 0.1) is 15.9 Å². The fourth-order valence-corrected chi connectivity index (χ4v) is 3.93. The highest BCUT2D eigenvalue weighted by Gasteiger charge is 2.31. The molecule has 2 aliphatic heterocycles. The van der Waals surface area contributed by atoms with Gasteiger partial charge >= 0.3 is 6.09 Å². The first-order chi connectivity index (χ1) is 15.6. The normalized spacial score (nSPS) is 17.3. The number of piperazine rings is 1. The van der Waals surface area contributed by atoms with Crippen molar-refractivity contribution in [2.24, 2.45) is 0 Å². The maximum Gasteiger partial charge on any atom is 0.410 e. The van der Waals surface area contributed by atoms with Crippen LogP contribution in [0.2, 0.25) is 0 Å². The van der Waals surface area contributed by atoms with E-state index in [1.807, 2.05) is 53.4 Å². The van der Waals surface area contributed by atoms with Crippen molar-refractivity contribution in [2.45, 2.75) is 73.0 Å². The van der Waals surface area contributed by atoms with Crippen LogP contribution in [-0.2, 0) is 4.74 Å². The van der Waals surface area contributed by atoms with Crippen LogP contribution in [0.1, 0.15) is 61.3 Å². The van der Waals surface area contributed by atoms with Gasteiger partial charge in [-0.2, -0.15) is 0 Å². The quantitative estimate of drug-likeness (QED) is 0.442. The number of carbonyl (C=O) groups excluding carboxylic acids is 1. The van der Waals surface area contributed by atoms with Crippen LogP contribution >= 0.6 is 0 Å². The van der Waals surface area contributed by atoms with Crippen LogP contribution < -0.4 is 4.90 Å². The molecular weight excluding hydrogens is 427 g/mol. The molecule has 1 amide bonds. The van der Waals surface area contributed by atoms with Crippen molar-refractivity contribution in [2.75, 3.05) is 44.2 Å². The molecule has 1 aromatic rings. The van der Waals surface area contributed by atoms with Crippen molar-refractivity contribution in [1.29, 1.82) is 0 Å². The molecule has 2 aliphatic rings.